The maximum atomic E-state index is 12.9. The molecule has 0 saturated carbocycles. The van der Waals surface area contributed by atoms with Gasteiger partial charge in [-0.2, -0.15) is 0 Å². The Hall–Kier alpha value is -3.61. The van der Waals surface area contributed by atoms with Crippen molar-refractivity contribution in [3.63, 3.8) is 0 Å². The summed E-state index contributed by atoms with van der Waals surface area (Å²) < 4.78 is 24.0. The summed E-state index contributed by atoms with van der Waals surface area (Å²) in [5.41, 5.74) is 1.23. The summed E-state index contributed by atoms with van der Waals surface area (Å²) in [5, 5.41) is 2.81. The third-order valence-corrected chi connectivity index (χ3v) is 4.60. The van der Waals surface area contributed by atoms with Gasteiger partial charge < -0.3 is 19.4 Å². The van der Waals surface area contributed by atoms with Crippen LogP contribution in [0.25, 0.3) is 0 Å². The number of halogens is 1. The number of ether oxygens (including phenoxy) is 1. The van der Waals surface area contributed by atoms with Crippen LogP contribution in [0.15, 0.2) is 65.1 Å². The first-order valence-electron chi connectivity index (χ1n) is 9.28. The molecule has 2 aromatic carbocycles. The third kappa shape index (κ3) is 4.29. The quantitative estimate of drug-likeness (QED) is 0.674. The van der Waals surface area contributed by atoms with Crippen molar-refractivity contribution in [2.45, 2.75) is 19.4 Å². The van der Waals surface area contributed by atoms with E-state index in [0.29, 0.717) is 35.9 Å². The predicted molar refractivity (Wildman–Crippen MR) is 105 cm³/mol. The number of furan rings is 1. The molecule has 1 aliphatic rings. The number of carbonyl (C=O) groups is 2. The minimum Gasteiger partial charge on any atom is -0.486 e. The zero-order valence-electron chi connectivity index (χ0n) is 15.6. The Balaban J connectivity index is 1.42. The highest BCUT2D eigenvalue weighted by Crippen LogP contribution is 2.29. The number of benzene rings is 2. The van der Waals surface area contributed by atoms with E-state index in [2.05, 4.69) is 5.32 Å². The third-order valence-electron chi connectivity index (χ3n) is 4.60. The maximum absolute atomic E-state index is 12.9. The van der Waals surface area contributed by atoms with Crippen molar-refractivity contribution in [2.24, 2.45) is 0 Å². The van der Waals surface area contributed by atoms with E-state index in [4.69, 9.17) is 9.15 Å². The highest BCUT2D eigenvalue weighted by atomic mass is 19.1. The van der Waals surface area contributed by atoms with E-state index in [-0.39, 0.29) is 24.1 Å². The van der Waals surface area contributed by atoms with Crippen LogP contribution in [0.5, 0.6) is 5.75 Å². The second-order valence-electron chi connectivity index (χ2n) is 6.63. The lowest BCUT2D eigenvalue weighted by Gasteiger charge is -2.19. The molecule has 0 spiro atoms. The molecule has 7 heteroatoms. The zero-order valence-corrected chi connectivity index (χ0v) is 15.6. The Labute approximate surface area is 166 Å². The number of amides is 2. The van der Waals surface area contributed by atoms with E-state index in [0.717, 1.165) is 6.42 Å². The molecule has 0 atom stereocenters. The fourth-order valence-electron chi connectivity index (χ4n) is 3.16. The Kier molecular flexibility index (Phi) is 5.29. The molecule has 148 valence electrons. The van der Waals surface area contributed by atoms with Gasteiger partial charge in [0.25, 0.3) is 5.91 Å². The molecule has 2 amide bonds. The number of para-hydroxylation sites is 2. The fraction of sp³-hybridized carbons (Fsp3) is 0.182. The van der Waals surface area contributed by atoms with Crippen molar-refractivity contribution in [2.75, 3.05) is 16.8 Å². The molecule has 0 radical (unpaired) electrons. The first kappa shape index (κ1) is 18.7. The number of hydrogen-bond donors (Lipinski definition) is 1. The van der Waals surface area contributed by atoms with Crippen molar-refractivity contribution in [1.29, 1.82) is 0 Å². The molecule has 3 aromatic rings. The van der Waals surface area contributed by atoms with Gasteiger partial charge in [0.1, 0.15) is 23.9 Å². The minimum absolute atomic E-state index is 0.0462. The standard InChI is InChI=1S/C22H19FN2O4/c23-15-7-9-16(10-8-15)28-14-17-11-12-20(29-17)22(27)24-18-4-1-2-5-19(18)25-13-3-6-21(25)26/h1-2,4-5,7-12H,3,6,13-14H2,(H,24,27). The SMILES string of the molecule is O=C(Nc1ccccc1N1CCCC1=O)c1ccc(COc2ccc(F)cc2)o1. The van der Waals surface area contributed by atoms with Gasteiger partial charge in [0, 0.05) is 13.0 Å². The molecular formula is C22H19FN2O4. The minimum atomic E-state index is -0.419. The molecule has 6 nitrogen and oxygen atoms in total. The van der Waals surface area contributed by atoms with Gasteiger partial charge in [-0.15, -0.1) is 0 Å². The number of nitrogens with zero attached hydrogens (tertiary/aromatic N) is 1. The Morgan fingerprint density at radius 2 is 1.90 bits per heavy atom. The molecule has 2 heterocycles. The summed E-state index contributed by atoms with van der Waals surface area (Å²) in [6, 6.07) is 16.0. The number of carbonyl (C=O) groups excluding carboxylic acids is 2. The summed E-state index contributed by atoms with van der Waals surface area (Å²) >= 11 is 0. The first-order valence-corrected chi connectivity index (χ1v) is 9.28. The van der Waals surface area contributed by atoms with Crippen LogP contribution in [-0.2, 0) is 11.4 Å². The highest BCUT2D eigenvalue weighted by molar-refractivity contribution is 6.06. The molecule has 1 N–H and O–H groups in total. The summed E-state index contributed by atoms with van der Waals surface area (Å²) in [7, 11) is 0. The lowest BCUT2D eigenvalue weighted by Crippen LogP contribution is -2.25. The summed E-state index contributed by atoms with van der Waals surface area (Å²) in [6.07, 6.45) is 1.31. The molecule has 1 aromatic heterocycles. The van der Waals surface area contributed by atoms with E-state index in [9.17, 15) is 14.0 Å². The Morgan fingerprint density at radius 3 is 2.66 bits per heavy atom. The van der Waals surface area contributed by atoms with Crippen LogP contribution < -0.4 is 15.0 Å². The summed E-state index contributed by atoms with van der Waals surface area (Å²) in [5.74, 6) is 0.373. The van der Waals surface area contributed by atoms with Crippen molar-refractivity contribution in [3.8, 4) is 5.75 Å². The van der Waals surface area contributed by atoms with Crippen LogP contribution in [0.2, 0.25) is 0 Å². The van der Waals surface area contributed by atoms with Crippen molar-refractivity contribution in [3.05, 3.63) is 78.0 Å². The van der Waals surface area contributed by atoms with Crippen molar-refractivity contribution >= 4 is 23.2 Å². The number of hydrogen-bond acceptors (Lipinski definition) is 4. The van der Waals surface area contributed by atoms with E-state index >= 15 is 0 Å². The molecule has 1 saturated heterocycles. The van der Waals surface area contributed by atoms with Gasteiger partial charge in [-0.25, -0.2) is 4.39 Å². The van der Waals surface area contributed by atoms with E-state index in [1.54, 1.807) is 29.2 Å². The van der Waals surface area contributed by atoms with Crippen molar-refractivity contribution in [1.82, 2.24) is 0 Å². The molecule has 0 aliphatic carbocycles. The van der Waals surface area contributed by atoms with E-state index in [1.807, 2.05) is 12.1 Å². The average Bonchev–Trinajstić information content (AvgIpc) is 3.37. The van der Waals surface area contributed by atoms with Gasteiger partial charge in [-0.3, -0.25) is 9.59 Å². The second-order valence-corrected chi connectivity index (χ2v) is 6.63. The second kappa shape index (κ2) is 8.18. The van der Waals surface area contributed by atoms with E-state index in [1.165, 1.54) is 24.3 Å². The molecule has 1 aliphatic heterocycles. The molecule has 0 unspecified atom stereocenters. The normalized spacial score (nSPS) is 13.6. The highest BCUT2D eigenvalue weighted by Gasteiger charge is 2.24. The zero-order chi connectivity index (χ0) is 20.2. The summed E-state index contributed by atoms with van der Waals surface area (Å²) in [6.45, 7) is 0.745. The van der Waals surface area contributed by atoms with Crippen LogP contribution in [0.1, 0.15) is 29.2 Å². The topological polar surface area (TPSA) is 71.8 Å². The van der Waals surface area contributed by atoms with Crippen LogP contribution in [0, 0.1) is 5.82 Å². The summed E-state index contributed by atoms with van der Waals surface area (Å²) in [4.78, 5) is 26.3. The maximum Gasteiger partial charge on any atom is 0.291 e. The monoisotopic (exact) mass is 394 g/mol. The smallest absolute Gasteiger partial charge is 0.291 e. The van der Waals surface area contributed by atoms with Gasteiger partial charge in [-0.1, -0.05) is 12.1 Å². The van der Waals surface area contributed by atoms with Gasteiger partial charge in [0.2, 0.25) is 5.91 Å². The van der Waals surface area contributed by atoms with Crippen molar-refractivity contribution < 1.29 is 23.1 Å². The molecule has 0 bridgehead atoms. The number of rotatable bonds is 6. The molecular weight excluding hydrogens is 375 g/mol. The molecule has 1 fully saturated rings. The molecule has 29 heavy (non-hydrogen) atoms. The Bertz CT molecular complexity index is 1030. The van der Waals surface area contributed by atoms with Gasteiger partial charge >= 0.3 is 0 Å². The lowest BCUT2D eigenvalue weighted by atomic mass is 10.2. The van der Waals surface area contributed by atoms with Crippen LogP contribution in [-0.4, -0.2) is 18.4 Å². The first-order chi connectivity index (χ1) is 14.1. The fourth-order valence-corrected chi connectivity index (χ4v) is 3.16. The van der Waals surface area contributed by atoms with Crippen LogP contribution in [0.4, 0.5) is 15.8 Å². The van der Waals surface area contributed by atoms with Gasteiger partial charge in [0.15, 0.2) is 5.76 Å². The van der Waals surface area contributed by atoms with Gasteiger partial charge in [0.05, 0.1) is 11.4 Å². The average molecular weight is 394 g/mol. The molecule has 4 rings (SSSR count). The Morgan fingerprint density at radius 1 is 1.10 bits per heavy atom. The predicted octanol–water partition coefficient (Wildman–Crippen LogP) is 4.38. The van der Waals surface area contributed by atoms with Crippen LogP contribution in [0.3, 0.4) is 0 Å². The van der Waals surface area contributed by atoms with Gasteiger partial charge in [-0.05, 0) is 55.0 Å². The lowest BCUT2D eigenvalue weighted by molar-refractivity contribution is -0.117. The number of anilines is 2. The van der Waals surface area contributed by atoms with Crippen LogP contribution >= 0.6 is 0 Å². The van der Waals surface area contributed by atoms with E-state index < -0.39 is 5.91 Å². The largest absolute Gasteiger partial charge is 0.486 e. The number of nitrogens with one attached hydrogen (secondary N) is 1.